The van der Waals surface area contributed by atoms with E-state index in [1.165, 1.54) is 0 Å². The Morgan fingerprint density at radius 1 is 0.764 bits per heavy atom. The van der Waals surface area contributed by atoms with Crippen molar-refractivity contribution in [3.05, 3.63) is 33.7 Å². The molecule has 2 rings (SSSR count). The molecule has 0 saturated carbocycles. The normalized spacial score (nSPS) is 12.6. The molecule has 0 radical (unpaired) electrons. The van der Waals surface area contributed by atoms with Gasteiger partial charge in [-0.05, 0) is 31.0 Å². The van der Waals surface area contributed by atoms with Gasteiger partial charge >= 0.3 is 0 Å². The zero-order valence-electron chi connectivity index (χ0n) is 33.0. The number of benzene rings is 1. The highest BCUT2D eigenvalue weighted by molar-refractivity contribution is 7.86. The number of rotatable bonds is 27. The van der Waals surface area contributed by atoms with Crippen molar-refractivity contribution >= 4 is 47.9 Å². The molecule has 0 spiro atoms. The van der Waals surface area contributed by atoms with E-state index in [1.54, 1.807) is 20.1 Å². The summed E-state index contributed by atoms with van der Waals surface area (Å²) in [5.41, 5.74) is 3.02. The van der Waals surface area contributed by atoms with Crippen LogP contribution >= 0.6 is 11.3 Å². The maximum Gasteiger partial charge on any atom is 0.265 e. The molecule has 20 heteroatoms. The Bertz CT molecular complexity index is 1870. The third kappa shape index (κ3) is 18.5. The lowest BCUT2D eigenvalue weighted by Crippen LogP contribution is -2.44. The van der Waals surface area contributed by atoms with Gasteiger partial charge in [-0.2, -0.15) is 27.4 Å². The third-order valence-corrected chi connectivity index (χ3v) is 11.5. The predicted molar refractivity (Wildman–Crippen MR) is 211 cm³/mol. The molecule has 0 amide bonds. The summed E-state index contributed by atoms with van der Waals surface area (Å²) < 4.78 is 86.8. The smallest absolute Gasteiger partial charge is 0.265 e. The first-order valence-electron chi connectivity index (χ1n) is 17.8. The van der Waals surface area contributed by atoms with Crippen LogP contribution in [0.3, 0.4) is 0 Å². The Balaban J connectivity index is 2.07. The number of likely N-dealkylation sites (N-methyl/N-ethyl adjacent to an activating group) is 2. The lowest BCUT2D eigenvalue weighted by Gasteiger charge is -2.30. The summed E-state index contributed by atoms with van der Waals surface area (Å²) in [4.78, 5) is 2.50. The molecule has 1 heterocycles. The van der Waals surface area contributed by atoms with Crippen LogP contribution in [-0.4, -0.2) is 161 Å². The Labute approximate surface area is 330 Å². The minimum Gasteiger partial charge on any atom is -0.495 e. The van der Waals surface area contributed by atoms with Crippen molar-refractivity contribution in [1.82, 2.24) is 0 Å². The molecular weight excluding hydrogens is 775 g/mol. The van der Waals surface area contributed by atoms with Crippen LogP contribution in [-0.2, 0) is 34.4 Å². The number of anilines is 1. The van der Waals surface area contributed by atoms with Crippen molar-refractivity contribution in [1.29, 1.82) is 10.5 Å². The molecule has 0 unspecified atom stereocenters. The lowest BCUT2D eigenvalue weighted by atomic mass is 10.1. The number of quaternary nitrogens is 2. The van der Waals surface area contributed by atoms with Gasteiger partial charge in [-0.3, -0.25) is 9.11 Å². The van der Waals surface area contributed by atoms with Gasteiger partial charge in [0.1, 0.15) is 35.9 Å². The molecule has 308 valence electrons. The molecule has 0 aliphatic heterocycles. The van der Waals surface area contributed by atoms with E-state index in [-0.39, 0.29) is 11.5 Å². The molecule has 17 nitrogen and oxygen atoms in total. The summed E-state index contributed by atoms with van der Waals surface area (Å²) in [6, 6.07) is 7.91. The zero-order valence-corrected chi connectivity index (χ0v) is 35.4. The topological polar surface area (TPSA) is 221 Å². The highest BCUT2D eigenvalue weighted by Crippen LogP contribution is 2.38. The summed E-state index contributed by atoms with van der Waals surface area (Å²) in [5.74, 6) is -0.00895. The molecule has 2 aromatic rings. The van der Waals surface area contributed by atoms with E-state index in [4.69, 9.17) is 28.1 Å². The maximum absolute atomic E-state index is 11.1. The Hall–Kier alpha value is -3.28. The highest BCUT2D eigenvalue weighted by Gasteiger charge is 2.20. The van der Waals surface area contributed by atoms with Gasteiger partial charge in [0.25, 0.3) is 20.2 Å². The van der Waals surface area contributed by atoms with E-state index in [1.807, 2.05) is 41.2 Å². The Morgan fingerprint density at radius 2 is 1.27 bits per heavy atom. The van der Waals surface area contributed by atoms with Gasteiger partial charge in [0.05, 0.1) is 116 Å². The number of ether oxygens (including phenoxy) is 4. The second kappa shape index (κ2) is 22.5. The molecule has 0 saturated heterocycles. The fourth-order valence-electron chi connectivity index (χ4n) is 5.41. The second-order valence-electron chi connectivity index (χ2n) is 14.3. The van der Waals surface area contributed by atoms with Crippen molar-refractivity contribution in [3.8, 4) is 17.9 Å². The lowest BCUT2D eigenvalue weighted by molar-refractivity contribution is -0.890. The molecule has 55 heavy (non-hydrogen) atoms. The maximum atomic E-state index is 11.1. The van der Waals surface area contributed by atoms with Gasteiger partial charge in [-0.15, -0.1) is 21.6 Å². The van der Waals surface area contributed by atoms with E-state index < -0.39 is 20.2 Å². The third-order valence-electron chi connectivity index (χ3n) is 8.82. The van der Waals surface area contributed by atoms with Crippen LogP contribution in [0.4, 0.5) is 16.4 Å². The van der Waals surface area contributed by atoms with Crippen molar-refractivity contribution in [2.75, 3.05) is 131 Å². The number of nitriles is 2. The zero-order chi connectivity index (χ0) is 41.3. The van der Waals surface area contributed by atoms with E-state index >= 15 is 0 Å². The average Bonchev–Trinajstić information content (AvgIpc) is 3.39. The Kier molecular flexibility index (Phi) is 19.5. The van der Waals surface area contributed by atoms with Gasteiger partial charge in [0, 0.05) is 32.0 Å². The number of aryl methyl sites for hydroxylation is 1. The van der Waals surface area contributed by atoms with Gasteiger partial charge in [0.2, 0.25) is 0 Å². The summed E-state index contributed by atoms with van der Waals surface area (Å²) in [6.07, 6.45) is 0.691. The van der Waals surface area contributed by atoms with Crippen LogP contribution in [0.2, 0.25) is 0 Å². The van der Waals surface area contributed by atoms with Crippen molar-refractivity contribution in [2.45, 2.75) is 26.7 Å². The van der Waals surface area contributed by atoms with Crippen LogP contribution in [0.25, 0.3) is 0 Å². The fraction of sp³-hybridized carbons (Fsp3) is 0.657. The molecule has 1 aromatic carbocycles. The van der Waals surface area contributed by atoms with Gasteiger partial charge in [0.15, 0.2) is 5.00 Å². The number of methoxy groups -OCH3 is 1. The molecule has 0 fully saturated rings. The van der Waals surface area contributed by atoms with Gasteiger partial charge in [-0.25, -0.2) is 0 Å². The monoisotopic (exact) mass is 831 g/mol. The molecule has 0 atom stereocenters. The summed E-state index contributed by atoms with van der Waals surface area (Å²) in [7, 11) is 1.48. The quantitative estimate of drug-likeness (QED) is 0.0561. The number of hydrogen-bond acceptors (Lipinski definition) is 14. The van der Waals surface area contributed by atoms with Crippen molar-refractivity contribution in [3.63, 3.8) is 0 Å². The number of hydrogen-bond donors (Lipinski definition) is 2. The molecule has 0 bridgehead atoms. The van der Waals surface area contributed by atoms with Crippen molar-refractivity contribution < 1.29 is 53.9 Å². The first kappa shape index (κ1) is 47.9. The largest absolute Gasteiger partial charge is 0.495 e. The minimum absolute atomic E-state index is 0.267. The molecule has 0 aliphatic carbocycles. The molecule has 0 aliphatic rings. The summed E-state index contributed by atoms with van der Waals surface area (Å²) in [6.45, 7) is 9.44. The molecule has 1 aromatic heterocycles. The van der Waals surface area contributed by atoms with E-state index in [2.05, 4.69) is 27.3 Å². The van der Waals surface area contributed by atoms with Gasteiger partial charge < -0.3 is 32.8 Å². The first-order valence-corrected chi connectivity index (χ1v) is 21.8. The Morgan fingerprint density at radius 3 is 1.75 bits per heavy atom. The number of nitrogens with zero attached hydrogens (tertiary/aromatic N) is 7. The number of thiophene rings is 1. The van der Waals surface area contributed by atoms with E-state index in [0.29, 0.717) is 133 Å². The highest BCUT2D eigenvalue weighted by atomic mass is 32.2. The van der Waals surface area contributed by atoms with Crippen molar-refractivity contribution in [2.24, 2.45) is 10.2 Å². The molecule has 2 N–H and O–H groups in total. The number of azo groups is 1. The van der Waals surface area contributed by atoms with Gasteiger partial charge in [-0.1, -0.05) is 0 Å². The second-order valence-corrected chi connectivity index (χ2v) is 18.5. The average molecular weight is 832 g/mol. The van der Waals surface area contributed by atoms with Crippen LogP contribution in [0.1, 0.15) is 34.4 Å². The minimum atomic E-state index is -4.00. The summed E-state index contributed by atoms with van der Waals surface area (Å²) in [5, 5.41) is 28.1. The fourth-order valence-corrected chi connectivity index (χ4v) is 7.27. The van der Waals surface area contributed by atoms with Crippen LogP contribution in [0.15, 0.2) is 22.4 Å². The SMILES string of the molecule is COc1cc(N=Nc2sc(C#N)c(C)c2C#N)c(C)cc1N(CCOCCOCC[N+](C)(C)CCCS(=O)(=O)O)CCOCC[N+](C)(C)CCCS(=O)(=O)O. The summed E-state index contributed by atoms with van der Waals surface area (Å²) >= 11 is 1.11. The van der Waals surface area contributed by atoms with Crippen LogP contribution in [0, 0.1) is 36.5 Å². The van der Waals surface area contributed by atoms with Crippen LogP contribution < -0.4 is 9.64 Å². The van der Waals surface area contributed by atoms with Crippen LogP contribution in [0.5, 0.6) is 5.75 Å². The molecular formula is C35H57N7O10S3+2. The standard InChI is InChI=1S/C35H55N7O10S3/c1-28-24-32(33(49-7)25-31(28)38-39-35-30(26-36)29(2)34(27-37)53-35)40(10-16-50-18-14-41(3,4)12-8-22-54(43,44)45)11-17-51-20-21-52-19-15-42(5,6)13-9-23-55(46,47)48/h24-25H,8-23H2,1-7H3/p+2. The predicted octanol–water partition coefficient (Wildman–Crippen LogP) is 4.10. The first-order chi connectivity index (χ1) is 25.7. The van der Waals surface area contributed by atoms with E-state index in [9.17, 15) is 27.4 Å². The van der Waals surface area contributed by atoms with E-state index in [0.717, 1.165) is 22.6 Å².